The Bertz CT molecular complexity index is 953. The summed E-state index contributed by atoms with van der Waals surface area (Å²) in [6, 6.07) is 13.8. The van der Waals surface area contributed by atoms with Crippen LogP contribution < -0.4 is 10.2 Å². The van der Waals surface area contributed by atoms with Crippen LogP contribution in [0.2, 0.25) is 0 Å². The van der Waals surface area contributed by atoms with Crippen LogP contribution in [0.15, 0.2) is 46.7 Å². The lowest BCUT2D eigenvalue weighted by Gasteiger charge is -2.25. The summed E-state index contributed by atoms with van der Waals surface area (Å²) in [4.78, 5) is 15.6. The van der Waals surface area contributed by atoms with Crippen molar-refractivity contribution in [3.05, 3.63) is 47.3 Å². The van der Waals surface area contributed by atoms with Crippen LogP contribution in [0.25, 0.3) is 0 Å². The number of hydrogen-bond donors (Lipinski definition) is 1. The second-order valence-electron chi connectivity index (χ2n) is 8.10. The van der Waals surface area contributed by atoms with E-state index in [1.807, 2.05) is 18.2 Å². The molecule has 3 heterocycles. The molecule has 2 saturated heterocycles. The van der Waals surface area contributed by atoms with Crippen LogP contribution in [0, 0.1) is 5.92 Å². The summed E-state index contributed by atoms with van der Waals surface area (Å²) in [5.74, 6) is 0.393. The van der Waals surface area contributed by atoms with Crippen molar-refractivity contribution in [3.63, 3.8) is 0 Å². The molecular weight excluding hydrogens is 418 g/mol. The standard InChI is InChI=1S/C22H29N3O3S2/c26-21(23-16-18-11-14-24(17-18)19-7-3-1-4-8-19)15-20-9-10-22(29-20)30(27,28)25-12-5-2-6-13-25/h1,3-4,7-10,18H,2,5-6,11-17H2,(H,23,26)/t18-/m1/s1. The molecule has 1 aromatic heterocycles. The molecule has 0 radical (unpaired) electrons. The van der Waals surface area contributed by atoms with Crippen molar-refractivity contribution in [2.24, 2.45) is 5.92 Å². The van der Waals surface area contributed by atoms with E-state index in [-0.39, 0.29) is 12.3 Å². The summed E-state index contributed by atoms with van der Waals surface area (Å²) in [5, 5.41) is 3.04. The first-order chi connectivity index (χ1) is 14.5. The second-order valence-corrected chi connectivity index (χ2v) is 11.4. The van der Waals surface area contributed by atoms with Crippen LogP contribution in [0.3, 0.4) is 0 Å². The zero-order valence-corrected chi connectivity index (χ0v) is 18.8. The highest BCUT2D eigenvalue weighted by molar-refractivity contribution is 7.91. The van der Waals surface area contributed by atoms with Gasteiger partial charge in [0.15, 0.2) is 0 Å². The highest BCUT2D eigenvalue weighted by Crippen LogP contribution is 2.27. The van der Waals surface area contributed by atoms with Crippen molar-refractivity contribution < 1.29 is 13.2 Å². The third-order valence-corrected chi connectivity index (χ3v) is 9.33. The summed E-state index contributed by atoms with van der Waals surface area (Å²) in [7, 11) is -3.42. The average molecular weight is 448 g/mol. The number of para-hydroxylation sites is 1. The Morgan fingerprint density at radius 3 is 2.57 bits per heavy atom. The number of nitrogens with one attached hydrogen (secondary N) is 1. The molecule has 162 valence electrons. The van der Waals surface area contributed by atoms with Crippen molar-refractivity contribution >= 4 is 33.0 Å². The van der Waals surface area contributed by atoms with Gasteiger partial charge in [-0.05, 0) is 49.4 Å². The Kier molecular flexibility index (Phi) is 6.75. The normalized spacial score (nSPS) is 20.4. The van der Waals surface area contributed by atoms with Crippen LogP contribution in [-0.4, -0.2) is 51.4 Å². The predicted octanol–water partition coefficient (Wildman–Crippen LogP) is 3.11. The number of sulfonamides is 1. The quantitative estimate of drug-likeness (QED) is 0.708. The van der Waals surface area contributed by atoms with E-state index in [9.17, 15) is 13.2 Å². The Balaban J connectivity index is 1.26. The predicted molar refractivity (Wildman–Crippen MR) is 120 cm³/mol. The molecule has 30 heavy (non-hydrogen) atoms. The topological polar surface area (TPSA) is 69.7 Å². The van der Waals surface area contributed by atoms with Crippen LogP contribution in [0.4, 0.5) is 5.69 Å². The number of piperidine rings is 1. The zero-order chi connectivity index (χ0) is 21.0. The number of rotatable bonds is 7. The molecule has 2 aromatic rings. The van der Waals surface area contributed by atoms with Crippen molar-refractivity contribution in [1.82, 2.24) is 9.62 Å². The molecule has 0 bridgehead atoms. The zero-order valence-electron chi connectivity index (χ0n) is 17.1. The molecule has 1 N–H and O–H groups in total. The lowest BCUT2D eigenvalue weighted by molar-refractivity contribution is -0.120. The molecule has 0 aliphatic carbocycles. The maximum absolute atomic E-state index is 12.8. The summed E-state index contributed by atoms with van der Waals surface area (Å²) in [5.41, 5.74) is 1.23. The van der Waals surface area contributed by atoms with Crippen molar-refractivity contribution in [2.75, 3.05) is 37.6 Å². The van der Waals surface area contributed by atoms with E-state index in [1.54, 1.807) is 16.4 Å². The molecule has 1 aromatic carbocycles. The average Bonchev–Trinajstić information content (AvgIpc) is 3.44. The number of thiophene rings is 1. The Hall–Kier alpha value is -1.90. The molecule has 1 amide bonds. The molecule has 8 heteroatoms. The van der Waals surface area contributed by atoms with Gasteiger partial charge in [0, 0.05) is 43.3 Å². The molecule has 0 spiro atoms. The van der Waals surface area contributed by atoms with Crippen LogP contribution >= 0.6 is 11.3 Å². The lowest BCUT2D eigenvalue weighted by Crippen LogP contribution is -2.35. The monoisotopic (exact) mass is 447 g/mol. The van der Waals surface area contributed by atoms with E-state index in [1.165, 1.54) is 17.0 Å². The minimum Gasteiger partial charge on any atom is -0.371 e. The largest absolute Gasteiger partial charge is 0.371 e. The Morgan fingerprint density at radius 2 is 1.80 bits per heavy atom. The second kappa shape index (κ2) is 9.49. The number of hydrogen-bond acceptors (Lipinski definition) is 5. The van der Waals surface area contributed by atoms with Gasteiger partial charge in [-0.3, -0.25) is 4.79 Å². The number of carbonyl (C=O) groups excluding carboxylic acids is 1. The smallest absolute Gasteiger partial charge is 0.252 e. The highest BCUT2D eigenvalue weighted by atomic mass is 32.2. The number of anilines is 1. The lowest BCUT2D eigenvalue weighted by atomic mass is 10.1. The Labute approximate surface area is 182 Å². The number of amides is 1. The first-order valence-electron chi connectivity index (χ1n) is 10.7. The first kappa shape index (κ1) is 21.3. The molecule has 0 unspecified atom stereocenters. The van der Waals surface area contributed by atoms with Crippen LogP contribution in [-0.2, 0) is 21.2 Å². The van der Waals surface area contributed by atoms with Gasteiger partial charge in [-0.25, -0.2) is 8.42 Å². The summed E-state index contributed by atoms with van der Waals surface area (Å²) in [6.45, 7) is 3.80. The fourth-order valence-electron chi connectivity index (χ4n) is 4.18. The highest BCUT2D eigenvalue weighted by Gasteiger charge is 2.28. The maximum atomic E-state index is 12.8. The van der Waals surface area contributed by atoms with Crippen molar-refractivity contribution in [1.29, 1.82) is 0 Å². The van der Waals surface area contributed by atoms with E-state index in [0.717, 1.165) is 43.6 Å². The van der Waals surface area contributed by atoms with Gasteiger partial charge in [-0.2, -0.15) is 4.31 Å². The van der Waals surface area contributed by atoms with Crippen LogP contribution in [0.5, 0.6) is 0 Å². The molecule has 6 nitrogen and oxygen atoms in total. The van der Waals surface area contributed by atoms with E-state index in [4.69, 9.17) is 0 Å². The molecule has 1 atom stereocenters. The van der Waals surface area contributed by atoms with Crippen molar-refractivity contribution in [3.8, 4) is 0 Å². The molecule has 2 aliphatic rings. The Morgan fingerprint density at radius 1 is 1.03 bits per heavy atom. The van der Waals surface area contributed by atoms with E-state index < -0.39 is 10.0 Å². The summed E-state index contributed by atoms with van der Waals surface area (Å²) in [6.07, 6.45) is 4.22. The van der Waals surface area contributed by atoms with Gasteiger partial charge < -0.3 is 10.2 Å². The molecular formula is C22H29N3O3S2. The minimum absolute atomic E-state index is 0.0445. The van der Waals surface area contributed by atoms with Gasteiger partial charge in [0.1, 0.15) is 4.21 Å². The minimum atomic E-state index is -3.42. The van der Waals surface area contributed by atoms with E-state index in [0.29, 0.717) is 29.8 Å². The number of nitrogens with zero attached hydrogens (tertiary/aromatic N) is 2. The van der Waals surface area contributed by atoms with E-state index in [2.05, 4.69) is 22.3 Å². The van der Waals surface area contributed by atoms with Gasteiger partial charge in [-0.1, -0.05) is 24.6 Å². The van der Waals surface area contributed by atoms with Gasteiger partial charge in [-0.15, -0.1) is 11.3 Å². The van der Waals surface area contributed by atoms with Gasteiger partial charge in [0.2, 0.25) is 5.91 Å². The van der Waals surface area contributed by atoms with E-state index >= 15 is 0 Å². The third kappa shape index (κ3) is 5.04. The van der Waals surface area contributed by atoms with Gasteiger partial charge in [0.25, 0.3) is 10.0 Å². The number of benzene rings is 1. The van der Waals surface area contributed by atoms with Crippen molar-refractivity contribution in [2.45, 2.75) is 36.3 Å². The number of carbonyl (C=O) groups is 1. The molecule has 4 rings (SSSR count). The molecule has 2 fully saturated rings. The molecule has 2 aliphatic heterocycles. The van der Waals surface area contributed by atoms with Gasteiger partial charge in [0.05, 0.1) is 6.42 Å². The third-order valence-electron chi connectivity index (χ3n) is 5.88. The summed E-state index contributed by atoms with van der Waals surface area (Å²) < 4.78 is 27.5. The SMILES string of the molecule is O=C(Cc1ccc(S(=O)(=O)N2CCCCC2)s1)NC[C@H]1CCN(c2ccccc2)C1. The fourth-order valence-corrected chi connectivity index (χ4v) is 7.20. The maximum Gasteiger partial charge on any atom is 0.252 e. The fraction of sp³-hybridized carbons (Fsp3) is 0.500. The first-order valence-corrected chi connectivity index (χ1v) is 12.9. The molecule has 0 saturated carbocycles. The van der Waals surface area contributed by atoms with Crippen LogP contribution in [0.1, 0.15) is 30.6 Å². The van der Waals surface area contributed by atoms with Gasteiger partial charge >= 0.3 is 0 Å². The summed E-state index contributed by atoms with van der Waals surface area (Å²) >= 11 is 1.22.